The van der Waals surface area contributed by atoms with Gasteiger partial charge in [-0.15, -0.1) is 0 Å². The number of benzene rings is 4. The average Bonchev–Trinajstić information content (AvgIpc) is 3.45. The molecule has 169 valence electrons. The fourth-order valence-corrected chi connectivity index (χ4v) is 8.16. The molecule has 0 heterocycles. The first-order chi connectivity index (χ1) is 17.0. The zero-order valence-corrected chi connectivity index (χ0v) is 21.5. The van der Waals surface area contributed by atoms with Crippen LogP contribution < -0.4 is 10.4 Å². The molecule has 0 amide bonds. The summed E-state index contributed by atoms with van der Waals surface area (Å²) in [5, 5.41) is 4.17. The SMILES string of the molecule is CC(C)(C)C1=CC(=[Si](c2ccccc2)c2ccccc2)[C]=C1C1c2ccccc2-c2ccccc21. The van der Waals surface area contributed by atoms with Crippen LogP contribution in [-0.2, 0) is 0 Å². The van der Waals surface area contributed by atoms with Gasteiger partial charge in [0.1, 0.15) is 0 Å². The van der Waals surface area contributed by atoms with Crippen LogP contribution in [-0.4, -0.2) is 13.6 Å². The highest BCUT2D eigenvalue weighted by Crippen LogP contribution is 2.52. The summed E-state index contributed by atoms with van der Waals surface area (Å²) in [5.41, 5.74) is 8.32. The van der Waals surface area contributed by atoms with E-state index in [1.807, 2.05) is 0 Å². The molecule has 4 aromatic carbocycles. The Morgan fingerprint density at radius 2 is 1.06 bits per heavy atom. The van der Waals surface area contributed by atoms with E-state index in [0.29, 0.717) is 0 Å². The maximum Gasteiger partial charge on any atom is 0.0884 e. The Morgan fingerprint density at radius 1 is 0.600 bits per heavy atom. The van der Waals surface area contributed by atoms with Crippen LogP contribution in [0.1, 0.15) is 37.8 Å². The van der Waals surface area contributed by atoms with E-state index in [1.54, 1.807) is 0 Å². The van der Waals surface area contributed by atoms with Crippen LogP contribution >= 0.6 is 0 Å². The van der Waals surface area contributed by atoms with Gasteiger partial charge < -0.3 is 0 Å². The third-order valence-electron chi connectivity index (χ3n) is 7.17. The van der Waals surface area contributed by atoms with Crippen molar-refractivity contribution in [2.45, 2.75) is 26.7 Å². The third kappa shape index (κ3) is 3.81. The molecule has 35 heavy (non-hydrogen) atoms. The molecular formula is C34H29Si. The molecule has 0 nitrogen and oxygen atoms in total. The summed E-state index contributed by atoms with van der Waals surface area (Å²) >= 11 is 0. The van der Waals surface area contributed by atoms with Crippen molar-refractivity contribution in [3.63, 3.8) is 0 Å². The molecule has 0 bridgehead atoms. The Kier molecular flexibility index (Phi) is 5.38. The molecule has 1 radical (unpaired) electrons. The van der Waals surface area contributed by atoms with Crippen LogP contribution in [0.5, 0.6) is 0 Å². The van der Waals surface area contributed by atoms with Crippen LogP contribution in [0.2, 0.25) is 0 Å². The topological polar surface area (TPSA) is 0 Å². The number of fused-ring (bicyclic) bond motifs is 3. The quantitative estimate of drug-likeness (QED) is 0.300. The molecule has 4 aromatic rings. The van der Waals surface area contributed by atoms with Crippen molar-refractivity contribution < 1.29 is 0 Å². The van der Waals surface area contributed by atoms with Crippen molar-refractivity contribution in [3.05, 3.63) is 144 Å². The van der Waals surface area contributed by atoms with Crippen LogP contribution in [0.3, 0.4) is 0 Å². The van der Waals surface area contributed by atoms with Gasteiger partial charge in [-0.3, -0.25) is 0 Å². The van der Waals surface area contributed by atoms with Gasteiger partial charge in [-0.1, -0.05) is 136 Å². The highest BCUT2D eigenvalue weighted by atomic mass is 28.2. The minimum Gasteiger partial charge on any atom is -0.0623 e. The largest absolute Gasteiger partial charge is 0.0884 e. The minimum absolute atomic E-state index is 0.0247. The lowest BCUT2D eigenvalue weighted by atomic mass is 9.76. The molecule has 0 saturated heterocycles. The first-order valence-corrected chi connectivity index (χ1v) is 13.9. The van der Waals surface area contributed by atoms with Crippen molar-refractivity contribution in [1.29, 1.82) is 0 Å². The van der Waals surface area contributed by atoms with E-state index in [9.17, 15) is 0 Å². The van der Waals surface area contributed by atoms with E-state index in [1.165, 1.54) is 48.9 Å². The molecule has 0 unspecified atom stereocenters. The standard InChI is InChI=1S/C34H29Si/c1-34(2,3)32-23-26(35(24-14-6-4-7-15-24)25-16-8-5-9-17-25)22-31(32)33-29-20-12-10-18-27(29)28-19-11-13-21-30(28)33/h4-21,23,33H,1-3H3. The first kappa shape index (κ1) is 21.9. The molecule has 6 rings (SSSR count). The Morgan fingerprint density at radius 3 is 1.54 bits per heavy atom. The Balaban J connectivity index is 1.63. The van der Waals surface area contributed by atoms with E-state index < -0.39 is 8.41 Å². The van der Waals surface area contributed by atoms with E-state index in [0.717, 1.165) is 0 Å². The summed E-state index contributed by atoms with van der Waals surface area (Å²) in [6.07, 6.45) is 6.53. The predicted octanol–water partition coefficient (Wildman–Crippen LogP) is 6.58. The number of allylic oxidation sites excluding steroid dienone is 4. The lowest BCUT2D eigenvalue weighted by molar-refractivity contribution is 0.507. The van der Waals surface area contributed by atoms with Gasteiger partial charge in [-0.05, 0) is 60.4 Å². The van der Waals surface area contributed by atoms with Crippen molar-refractivity contribution in [1.82, 2.24) is 0 Å². The Bertz CT molecular complexity index is 1410. The van der Waals surface area contributed by atoms with Crippen molar-refractivity contribution in [2.24, 2.45) is 5.41 Å². The zero-order valence-electron chi connectivity index (χ0n) is 20.5. The molecule has 1 heteroatoms. The van der Waals surface area contributed by atoms with Crippen LogP contribution in [0.25, 0.3) is 11.1 Å². The van der Waals surface area contributed by atoms with Crippen molar-refractivity contribution in [3.8, 4) is 11.1 Å². The van der Waals surface area contributed by atoms with Gasteiger partial charge in [0.25, 0.3) is 0 Å². The zero-order chi connectivity index (χ0) is 24.0. The summed E-state index contributed by atoms with van der Waals surface area (Å²) in [6, 6.07) is 39.9. The van der Waals surface area contributed by atoms with Crippen LogP contribution in [0.4, 0.5) is 0 Å². The molecule has 0 atom stereocenters. The Hall–Kier alpha value is -3.55. The fraction of sp³-hybridized carbons (Fsp3) is 0.147. The lowest BCUT2D eigenvalue weighted by Crippen LogP contribution is -2.39. The molecule has 0 saturated carbocycles. The summed E-state index contributed by atoms with van der Waals surface area (Å²) in [6.45, 7) is 7.02. The summed E-state index contributed by atoms with van der Waals surface area (Å²) in [7, 11) is -1.18. The van der Waals surface area contributed by atoms with Crippen molar-refractivity contribution >= 4 is 24.0 Å². The number of hydrogen-bond acceptors (Lipinski definition) is 0. The number of hydrogen-bond donors (Lipinski definition) is 0. The third-order valence-corrected chi connectivity index (χ3v) is 9.80. The monoisotopic (exact) mass is 465 g/mol. The molecule has 0 fully saturated rings. The van der Waals surface area contributed by atoms with Crippen molar-refractivity contribution in [2.75, 3.05) is 0 Å². The van der Waals surface area contributed by atoms with Gasteiger partial charge in [0, 0.05) is 5.92 Å². The molecular weight excluding hydrogens is 436 g/mol. The van der Waals surface area contributed by atoms with Gasteiger partial charge in [0.05, 0.1) is 8.41 Å². The van der Waals surface area contributed by atoms with Gasteiger partial charge in [0.15, 0.2) is 0 Å². The van der Waals surface area contributed by atoms with Crippen LogP contribution in [0.15, 0.2) is 126 Å². The van der Waals surface area contributed by atoms with E-state index >= 15 is 0 Å². The molecule has 0 aromatic heterocycles. The molecule has 0 aliphatic heterocycles. The number of rotatable bonds is 3. The van der Waals surface area contributed by atoms with Crippen LogP contribution in [0, 0.1) is 11.5 Å². The molecule has 0 spiro atoms. The van der Waals surface area contributed by atoms with E-state index in [-0.39, 0.29) is 11.3 Å². The molecule has 2 aliphatic carbocycles. The summed E-state index contributed by atoms with van der Waals surface area (Å²) in [4.78, 5) is 0. The Labute approximate surface area is 210 Å². The molecule has 0 N–H and O–H groups in total. The summed E-state index contributed by atoms with van der Waals surface area (Å²) in [5.74, 6) is 0.222. The lowest BCUT2D eigenvalue weighted by Gasteiger charge is -2.27. The van der Waals surface area contributed by atoms with E-state index in [2.05, 4.69) is 142 Å². The highest BCUT2D eigenvalue weighted by Gasteiger charge is 2.37. The smallest absolute Gasteiger partial charge is 0.0623 e. The van der Waals surface area contributed by atoms with Gasteiger partial charge in [-0.25, -0.2) is 0 Å². The maximum absolute atomic E-state index is 4.05. The fourth-order valence-electron chi connectivity index (χ4n) is 5.61. The second kappa shape index (κ2) is 8.59. The van der Waals surface area contributed by atoms with Gasteiger partial charge >= 0.3 is 0 Å². The second-order valence-electron chi connectivity index (χ2n) is 10.5. The molecule has 2 aliphatic rings. The first-order valence-electron chi connectivity index (χ1n) is 12.4. The minimum atomic E-state index is -1.18. The van der Waals surface area contributed by atoms with E-state index in [4.69, 9.17) is 0 Å². The average molecular weight is 466 g/mol. The van der Waals surface area contributed by atoms with Gasteiger partial charge in [-0.2, -0.15) is 0 Å². The van der Waals surface area contributed by atoms with Gasteiger partial charge in [0.2, 0.25) is 0 Å². The predicted molar refractivity (Wildman–Crippen MR) is 151 cm³/mol. The summed E-state index contributed by atoms with van der Waals surface area (Å²) < 4.78 is 0. The second-order valence-corrected chi connectivity index (χ2v) is 12.9. The highest BCUT2D eigenvalue weighted by molar-refractivity contribution is 6.94. The maximum atomic E-state index is 4.05. The normalized spacial score (nSPS) is 14.9.